The second-order valence-corrected chi connectivity index (χ2v) is 7.65. The molecule has 1 saturated heterocycles. The largest absolute Gasteiger partial charge is 0.329 e. The highest BCUT2D eigenvalue weighted by atomic mass is 79.9. The van der Waals surface area contributed by atoms with Crippen LogP contribution in [0.25, 0.3) is 0 Å². The molecule has 1 aliphatic rings. The fourth-order valence-corrected chi connectivity index (χ4v) is 5.33. The molecule has 0 amide bonds. The minimum absolute atomic E-state index is 0.0769. The number of nitrogens with zero attached hydrogens (tertiary/aromatic N) is 1. The first-order chi connectivity index (χ1) is 8.96. The van der Waals surface area contributed by atoms with Gasteiger partial charge in [-0.05, 0) is 53.4 Å². The number of sulfonamides is 1. The molecule has 1 aliphatic heterocycles. The molecule has 19 heavy (non-hydrogen) atoms. The van der Waals surface area contributed by atoms with Crippen molar-refractivity contribution in [2.45, 2.75) is 37.1 Å². The standard InChI is InChI=1S/C13H19BrN2O2S/c1-10-5-6-13(12(14)8-10)19(17,18)16-7-3-2-4-11(16)9-15/h5-6,8,11H,2-4,7,9,15H2,1H3/t11-/m1/s1. The normalized spacial score (nSPS) is 21.5. The Bertz CT molecular complexity index is 560. The SMILES string of the molecule is Cc1ccc(S(=O)(=O)N2CCCC[C@@H]2CN)c(Br)c1. The minimum Gasteiger partial charge on any atom is -0.329 e. The Labute approximate surface area is 123 Å². The minimum atomic E-state index is -3.46. The molecular weight excluding hydrogens is 328 g/mol. The number of hydrogen-bond acceptors (Lipinski definition) is 3. The maximum atomic E-state index is 12.7. The van der Waals surface area contributed by atoms with Gasteiger partial charge in [-0.15, -0.1) is 0 Å². The third kappa shape index (κ3) is 3.02. The zero-order valence-corrected chi connectivity index (χ0v) is 13.4. The van der Waals surface area contributed by atoms with Crippen molar-refractivity contribution in [2.75, 3.05) is 13.1 Å². The lowest BCUT2D eigenvalue weighted by Crippen LogP contribution is -2.47. The van der Waals surface area contributed by atoms with Gasteiger partial charge in [-0.25, -0.2) is 8.42 Å². The van der Waals surface area contributed by atoms with E-state index in [1.165, 1.54) is 0 Å². The summed E-state index contributed by atoms with van der Waals surface area (Å²) in [6.07, 6.45) is 2.79. The fraction of sp³-hybridized carbons (Fsp3) is 0.538. The molecule has 0 unspecified atom stereocenters. The molecule has 2 N–H and O–H groups in total. The van der Waals surface area contributed by atoms with Gasteiger partial charge < -0.3 is 5.73 Å². The van der Waals surface area contributed by atoms with E-state index < -0.39 is 10.0 Å². The third-order valence-corrected chi connectivity index (χ3v) is 6.45. The van der Waals surface area contributed by atoms with Crippen molar-refractivity contribution in [1.29, 1.82) is 0 Å². The van der Waals surface area contributed by atoms with E-state index in [1.54, 1.807) is 10.4 Å². The third-order valence-electron chi connectivity index (χ3n) is 3.52. The van der Waals surface area contributed by atoms with Gasteiger partial charge in [0.05, 0.1) is 4.90 Å². The van der Waals surface area contributed by atoms with Gasteiger partial charge in [0.1, 0.15) is 0 Å². The first kappa shape index (κ1) is 15.0. The molecule has 6 heteroatoms. The summed E-state index contributed by atoms with van der Waals surface area (Å²) in [4.78, 5) is 0.332. The molecule has 4 nitrogen and oxygen atoms in total. The van der Waals surface area contributed by atoms with Gasteiger partial charge in [0.2, 0.25) is 10.0 Å². The summed E-state index contributed by atoms with van der Waals surface area (Å²) >= 11 is 3.35. The molecule has 0 spiro atoms. The number of piperidine rings is 1. The van der Waals surface area contributed by atoms with Crippen molar-refractivity contribution in [3.8, 4) is 0 Å². The maximum Gasteiger partial charge on any atom is 0.244 e. The monoisotopic (exact) mass is 346 g/mol. The number of aryl methyl sites for hydroxylation is 1. The van der Waals surface area contributed by atoms with Crippen LogP contribution >= 0.6 is 15.9 Å². The second kappa shape index (κ2) is 5.91. The lowest BCUT2D eigenvalue weighted by atomic mass is 10.1. The van der Waals surface area contributed by atoms with Crippen molar-refractivity contribution < 1.29 is 8.42 Å². The van der Waals surface area contributed by atoms with Gasteiger partial charge in [-0.3, -0.25) is 0 Å². The van der Waals surface area contributed by atoms with Gasteiger partial charge >= 0.3 is 0 Å². The van der Waals surface area contributed by atoms with Crippen LogP contribution in [-0.4, -0.2) is 31.9 Å². The van der Waals surface area contributed by atoms with Gasteiger partial charge in [-0.1, -0.05) is 12.5 Å². The summed E-state index contributed by atoms with van der Waals surface area (Å²) in [5, 5.41) is 0. The Kier molecular flexibility index (Phi) is 4.66. The molecule has 0 aliphatic carbocycles. The van der Waals surface area contributed by atoms with E-state index in [4.69, 9.17) is 5.73 Å². The molecule has 1 fully saturated rings. The predicted molar refractivity (Wildman–Crippen MR) is 79.5 cm³/mol. The average Bonchev–Trinajstić information content (AvgIpc) is 2.38. The van der Waals surface area contributed by atoms with Crippen LogP contribution in [-0.2, 0) is 10.0 Å². The van der Waals surface area contributed by atoms with Crippen molar-refractivity contribution in [2.24, 2.45) is 5.73 Å². The van der Waals surface area contributed by atoms with E-state index in [1.807, 2.05) is 19.1 Å². The molecule has 0 aromatic heterocycles. The van der Waals surface area contributed by atoms with Crippen LogP contribution in [0.4, 0.5) is 0 Å². The lowest BCUT2D eigenvalue weighted by Gasteiger charge is -2.34. The summed E-state index contributed by atoms with van der Waals surface area (Å²) in [6, 6.07) is 5.23. The molecule has 0 bridgehead atoms. The summed E-state index contributed by atoms with van der Waals surface area (Å²) in [6.45, 7) is 2.87. The Morgan fingerprint density at radius 3 is 2.79 bits per heavy atom. The van der Waals surface area contributed by atoms with Crippen LogP contribution in [0.2, 0.25) is 0 Å². The fourth-order valence-electron chi connectivity index (χ4n) is 2.47. The van der Waals surface area contributed by atoms with E-state index in [0.717, 1.165) is 24.8 Å². The Morgan fingerprint density at radius 2 is 2.16 bits per heavy atom. The van der Waals surface area contributed by atoms with E-state index in [0.29, 0.717) is 22.5 Å². The van der Waals surface area contributed by atoms with Crippen LogP contribution in [0.15, 0.2) is 27.6 Å². The molecule has 0 radical (unpaired) electrons. The van der Waals surface area contributed by atoms with E-state index in [9.17, 15) is 8.42 Å². The van der Waals surface area contributed by atoms with Crippen LogP contribution in [0.3, 0.4) is 0 Å². The summed E-state index contributed by atoms with van der Waals surface area (Å²) in [5.41, 5.74) is 6.74. The van der Waals surface area contributed by atoms with E-state index in [2.05, 4.69) is 15.9 Å². The average molecular weight is 347 g/mol. The summed E-state index contributed by atoms with van der Waals surface area (Å²) in [5.74, 6) is 0. The van der Waals surface area contributed by atoms with Crippen molar-refractivity contribution >= 4 is 26.0 Å². The van der Waals surface area contributed by atoms with E-state index in [-0.39, 0.29) is 6.04 Å². The van der Waals surface area contributed by atoms with Crippen molar-refractivity contribution in [3.63, 3.8) is 0 Å². The Balaban J connectivity index is 2.40. The predicted octanol–water partition coefficient (Wildman–Crippen LogP) is 2.26. The lowest BCUT2D eigenvalue weighted by molar-refractivity contribution is 0.257. The number of rotatable bonds is 3. The molecule has 1 aromatic rings. The maximum absolute atomic E-state index is 12.7. The molecule has 106 valence electrons. The quantitative estimate of drug-likeness (QED) is 0.912. The van der Waals surface area contributed by atoms with Gasteiger partial charge in [0.15, 0.2) is 0 Å². The zero-order chi connectivity index (χ0) is 14.0. The van der Waals surface area contributed by atoms with Gasteiger partial charge in [0.25, 0.3) is 0 Å². The van der Waals surface area contributed by atoms with Crippen LogP contribution in [0, 0.1) is 6.92 Å². The van der Waals surface area contributed by atoms with Crippen LogP contribution < -0.4 is 5.73 Å². The summed E-state index contributed by atoms with van der Waals surface area (Å²) < 4.78 is 27.6. The van der Waals surface area contributed by atoms with Crippen LogP contribution in [0.1, 0.15) is 24.8 Å². The molecule has 0 saturated carbocycles. The Morgan fingerprint density at radius 1 is 1.42 bits per heavy atom. The molecule has 2 rings (SSSR count). The highest BCUT2D eigenvalue weighted by molar-refractivity contribution is 9.10. The molecule has 1 heterocycles. The smallest absolute Gasteiger partial charge is 0.244 e. The van der Waals surface area contributed by atoms with Gasteiger partial charge in [-0.2, -0.15) is 4.31 Å². The number of hydrogen-bond donors (Lipinski definition) is 1. The van der Waals surface area contributed by atoms with Crippen molar-refractivity contribution in [3.05, 3.63) is 28.2 Å². The molecule has 1 aromatic carbocycles. The molecular formula is C13H19BrN2O2S. The topological polar surface area (TPSA) is 63.4 Å². The summed E-state index contributed by atoms with van der Waals surface area (Å²) in [7, 11) is -3.46. The number of nitrogens with two attached hydrogens (primary N) is 1. The number of benzene rings is 1. The van der Waals surface area contributed by atoms with Gasteiger partial charge in [0, 0.05) is 23.6 Å². The van der Waals surface area contributed by atoms with Crippen LogP contribution in [0.5, 0.6) is 0 Å². The Hall–Kier alpha value is -0.430. The number of halogens is 1. The molecule has 1 atom stereocenters. The highest BCUT2D eigenvalue weighted by Gasteiger charge is 2.33. The first-order valence-electron chi connectivity index (χ1n) is 6.45. The highest BCUT2D eigenvalue weighted by Crippen LogP contribution is 2.30. The zero-order valence-electron chi connectivity index (χ0n) is 11.0. The first-order valence-corrected chi connectivity index (χ1v) is 8.68. The van der Waals surface area contributed by atoms with E-state index >= 15 is 0 Å². The second-order valence-electron chi connectivity index (χ2n) is 4.93. The van der Waals surface area contributed by atoms with Crippen molar-refractivity contribution in [1.82, 2.24) is 4.31 Å².